The molecule has 0 unspecified atom stereocenters. The Morgan fingerprint density at radius 1 is 0.349 bits per heavy atom. The van der Waals surface area contributed by atoms with Crippen LogP contribution in [0.15, 0.2) is 0 Å². The summed E-state index contributed by atoms with van der Waals surface area (Å²) in [6.45, 7) is 0.935. The molecule has 3 fully saturated rings. The third-order valence-electron chi connectivity index (χ3n) is 8.93. The first-order valence-corrected chi connectivity index (χ1v) is 20.5. The van der Waals surface area contributed by atoms with Gasteiger partial charge in [0.15, 0.2) is 0 Å². The molecule has 0 saturated carbocycles. The van der Waals surface area contributed by atoms with Crippen molar-refractivity contribution in [3.63, 3.8) is 0 Å². The fourth-order valence-electron chi connectivity index (χ4n) is 5.46. The molecule has 350 valence electrons. The molecule has 0 atom stereocenters. The number of carbonyl (C=O) groups excluding carboxylic acids is 12. The molecule has 0 radical (unpaired) electrons. The smallest absolute Gasteiger partial charge is 0.333 e. The first-order valence-electron chi connectivity index (χ1n) is 20.5. The van der Waals surface area contributed by atoms with E-state index in [0.717, 1.165) is 0 Å². The van der Waals surface area contributed by atoms with Gasteiger partial charge in [-0.05, 0) is 0 Å². The zero-order valence-electron chi connectivity index (χ0n) is 34.9. The number of ketones is 3. The molecular formula is C39H53N3O21. The van der Waals surface area contributed by atoms with Crippen molar-refractivity contribution >= 4 is 70.7 Å². The van der Waals surface area contributed by atoms with E-state index in [2.05, 4.69) is 0 Å². The van der Waals surface area contributed by atoms with Crippen molar-refractivity contribution < 1.29 is 100 Å². The van der Waals surface area contributed by atoms with Crippen molar-refractivity contribution in [2.24, 2.45) is 0 Å². The lowest BCUT2D eigenvalue weighted by molar-refractivity contribution is -0.197. The average Bonchev–Trinajstić information content (AvgIpc) is 3.87. The molecule has 3 saturated heterocycles. The van der Waals surface area contributed by atoms with E-state index in [1.165, 1.54) is 0 Å². The molecule has 0 N–H and O–H groups in total. The number of hydrogen-bond acceptors (Lipinski definition) is 21. The predicted octanol–water partition coefficient (Wildman–Crippen LogP) is -0.506. The Balaban J connectivity index is 1.27. The number of carbonyl (C=O) groups is 12. The third-order valence-corrected chi connectivity index (χ3v) is 8.93. The number of Topliss-reactive ketones (excluding diaryl/α,β-unsaturated/α-hetero) is 3. The Kier molecular flexibility index (Phi) is 24.0. The second-order valence-electron chi connectivity index (χ2n) is 14.0. The van der Waals surface area contributed by atoms with Crippen molar-refractivity contribution in [1.29, 1.82) is 0 Å². The van der Waals surface area contributed by atoms with E-state index in [9.17, 15) is 57.5 Å². The van der Waals surface area contributed by atoms with Crippen molar-refractivity contribution in [1.82, 2.24) is 15.2 Å². The predicted molar refractivity (Wildman–Crippen MR) is 202 cm³/mol. The van der Waals surface area contributed by atoms with Crippen LogP contribution in [0.2, 0.25) is 0 Å². The van der Waals surface area contributed by atoms with E-state index in [0.29, 0.717) is 15.2 Å². The lowest BCUT2D eigenvalue weighted by Crippen LogP contribution is -2.32. The number of hydroxylamine groups is 6. The number of amides is 6. The molecule has 3 rings (SSSR count). The van der Waals surface area contributed by atoms with Gasteiger partial charge in [-0.25, -0.2) is 14.4 Å². The van der Waals surface area contributed by atoms with Crippen molar-refractivity contribution in [2.45, 2.75) is 102 Å². The lowest BCUT2D eigenvalue weighted by Gasteiger charge is -2.18. The van der Waals surface area contributed by atoms with Crippen molar-refractivity contribution in [3.05, 3.63) is 0 Å². The highest BCUT2D eigenvalue weighted by Crippen LogP contribution is 2.15. The van der Waals surface area contributed by atoms with Crippen LogP contribution in [-0.4, -0.2) is 165 Å². The topological polar surface area (TPSA) is 298 Å². The summed E-state index contributed by atoms with van der Waals surface area (Å²) in [5.74, 6) is -7.19. The third kappa shape index (κ3) is 21.0. The molecule has 3 heterocycles. The van der Waals surface area contributed by atoms with Gasteiger partial charge >= 0.3 is 17.9 Å². The summed E-state index contributed by atoms with van der Waals surface area (Å²) in [5, 5.41) is 1.25. The second kappa shape index (κ2) is 29.1. The molecule has 24 heteroatoms. The highest BCUT2D eigenvalue weighted by Gasteiger charge is 2.35. The standard InChI is InChI=1S/C39H53N3O21/c43-27(1-10-37(52)61-40-31(46)4-5-32(40)47)13-16-55-19-21-58-25-30(60-24-23-57-18-15-29(45)3-12-39(54)63-42-35(50)8-9-36(42)51)26-59-22-20-56-17-14-28(44)2-11-38(53)62-41-33(48)6-7-34(41)49/h30H,1-26H2. The van der Waals surface area contributed by atoms with Crippen LogP contribution in [0.5, 0.6) is 0 Å². The summed E-state index contributed by atoms with van der Waals surface area (Å²) in [7, 11) is 0. The van der Waals surface area contributed by atoms with Gasteiger partial charge in [0.2, 0.25) is 0 Å². The van der Waals surface area contributed by atoms with Crippen LogP contribution in [-0.2, 0) is 100 Å². The molecule has 0 bridgehead atoms. The minimum absolute atomic E-state index is 0.00566. The summed E-state index contributed by atoms with van der Waals surface area (Å²) >= 11 is 0. The Hall–Kier alpha value is -5.40. The lowest BCUT2D eigenvalue weighted by atomic mass is 10.2. The van der Waals surface area contributed by atoms with E-state index in [-0.39, 0.29) is 186 Å². The maximum absolute atomic E-state index is 12.2. The zero-order chi connectivity index (χ0) is 46.0. The molecule has 0 aliphatic carbocycles. The summed E-state index contributed by atoms with van der Waals surface area (Å²) in [6, 6.07) is 0. The van der Waals surface area contributed by atoms with Crippen molar-refractivity contribution in [2.75, 3.05) is 72.7 Å². The van der Waals surface area contributed by atoms with Crippen LogP contribution >= 0.6 is 0 Å². The molecule has 63 heavy (non-hydrogen) atoms. The van der Waals surface area contributed by atoms with Crippen LogP contribution < -0.4 is 0 Å². The summed E-state index contributed by atoms with van der Waals surface area (Å²) in [6.07, 6.45) is -2.24. The monoisotopic (exact) mass is 899 g/mol. The molecule has 6 amide bonds. The highest BCUT2D eigenvalue weighted by atomic mass is 16.7. The summed E-state index contributed by atoms with van der Waals surface area (Å²) in [5.41, 5.74) is 0. The van der Waals surface area contributed by atoms with E-state index >= 15 is 0 Å². The Morgan fingerprint density at radius 2 is 0.619 bits per heavy atom. The summed E-state index contributed by atoms with van der Waals surface area (Å²) in [4.78, 5) is 156. The quantitative estimate of drug-likeness (QED) is 0.0572. The number of imide groups is 3. The van der Waals surface area contributed by atoms with Crippen LogP contribution in [0.1, 0.15) is 96.3 Å². The van der Waals surface area contributed by atoms with Crippen LogP contribution in [0, 0.1) is 0 Å². The van der Waals surface area contributed by atoms with Crippen LogP contribution in [0.25, 0.3) is 0 Å². The number of hydrogen-bond donors (Lipinski definition) is 0. The Morgan fingerprint density at radius 3 is 0.921 bits per heavy atom. The highest BCUT2D eigenvalue weighted by molar-refractivity contribution is 6.03. The first-order chi connectivity index (χ1) is 30.2. The van der Waals surface area contributed by atoms with Gasteiger partial charge in [-0.3, -0.25) is 43.2 Å². The molecular weight excluding hydrogens is 846 g/mol. The molecule has 3 aliphatic rings. The maximum Gasteiger partial charge on any atom is 0.333 e. The molecule has 0 spiro atoms. The fourth-order valence-corrected chi connectivity index (χ4v) is 5.46. The van der Waals surface area contributed by atoms with Crippen molar-refractivity contribution in [3.8, 4) is 0 Å². The van der Waals surface area contributed by atoms with E-state index < -0.39 is 59.5 Å². The Bertz CT molecular complexity index is 1540. The van der Waals surface area contributed by atoms with Crippen LogP contribution in [0.4, 0.5) is 0 Å². The van der Waals surface area contributed by atoms with Gasteiger partial charge in [-0.15, -0.1) is 15.2 Å². The maximum atomic E-state index is 12.2. The van der Waals surface area contributed by atoms with E-state index in [1.54, 1.807) is 0 Å². The Labute approximate surface area is 361 Å². The molecule has 0 aromatic carbocycles. The van der Waals surface area contributed by atoms with Gasteiger partial charge in [0.1, 0.15) is 23.5 Å². The van der Waals surface area contributed by atoms with Gasteiger partial charge in [0.25, 0.3) is 35.4 Å². The minimum atomic E-state index is -0.878. The fraction of sp³-hybridized carbons (Fsp3) is 0.692. The second-order valence-corrected chi connectivity index (χ2v) is 14.0. The van der Waals surface area contributed by atoms with Gasteiger partial charge in [-0.2, -0.15) is 0 Å². The van der Waals surface area contributed by atoms with Gasteiger partial charge in [0, 0.05) is 77.0 Å². The zero-order valence-corrected chi connectivity index (χ0v) is 34.9. The summed E-state index contributed by atoms with van der Waals surface area (Å²) < 4.78 is 33.4. The normalized spacial score (nSPS) is 15.3. The molecule has 24 nitrogen and oxygen atoms in total. The van der Waals surface area contributed by atoms with Crippen LogP contribution in [0.3, 0.4) is 0 Å². The largest absolute Gasteiger partial charge is 0.379 e. The average molecular weight is 900 g/mol. The first kappa shape index (κ1) is 51.9. The van der Waals surface area contributed by atoms with E-state index in [1.807, 2.05) is 0 Å². The number of rotatable bonds is 35. The number of nitrogens with zero attached hydrogens (tertiary/aromatic N) is 3. The number of ether oxygens (including phenoxy) is 6. The van der Waals surface area contributed by atoms with E-state index in [4.69, 9.17) is 42.9 Å². The van der Waals surface area contributed by atoms with Gasteiger partial charge in [0.05, 0.1) is 91.9 Å². The molecule has 0 aromatic rings. The molecule has 0 aromatic heterocycles. The van der Waals surface area contributed by atoms with Gasteiger partial charge in [-0.1, -0.05) is 0 Å². The minimum Gasteiger partial charge on any atom is -0.379 e. The molecule has 3 aliphatic heterocycles. The SMILES string of the molecule is O=C(CCOCCOCC(COCCOCCC(=O)CCC(=O)ON1C(=O)CCC1=O)OCCOCCC(=O)CCC(=O)ON1C(=O)CCC1=O)CCC(=O)ON1C(=O)CCC1=O. The van der Waals surface area contributed by atoms with Gasteiger partial charge < -0.3 is 42.9 Å².